The Morgan fingerprint density at radius 1 is 1.38 bits per heavy atom. The fraction of sp³-hybridized carbons (Fsp3) is 0.300. The summed E-state index contributed by atoms with van der Waals surface area (Å²) in [4.78, 5) is 0. The molecule has 0 saturated heterocycles. The Morgan fingerprint density at radius 2 is 2.19 bits per heavy atom. The molecule has 0 bridgehead atoms. The lowest BCUT2D eigenvalue weighted by molar-refractivity contribution is 0.692. The highest BCUT2D eigenvalue weighted by Crippen LogP contribution is 2.22. The van der Waals surface area contributed by atoms with Crippen molar-refractivity contribution < 1.29 is 0 Å². The zero-order valence-corrected chi connectivity index (χ0v) is 10.6. The normalized spacial score (nSPS) is 10.7. The van der Waals surface area contributed by atoms with Gasteiger partial charge in [-0.1, -0.05) is 11.6 Å². The van der Waals surface area contributed by atoms with E-state index in [1.807, 2.05) is 30.8 Å². The molecule has 6 heteroatoms. The van der Waals surface area contributed by atoms with Gasteiger partial charge in [0, 0.05) is 12.8 Å². The van der Waals surface area contributed by atoms with Crippen LogP contribution in [0.5, 0.6) is 0 Å². The van der Waals surface area contributed by atoms with E-state index in [0.29, 0.717) is 5.15 Å². The molecule has 0 saturated carbocycles. The van der Waals surface area contributed by atoms with E-state index in [0.717, 1.165) is 22.2 Å². The summed E-state index contributed by atoms with van der Waals surface area (Å²) in [6, 6.07) is 5.68. The molecular formula is C10H11ClN4S. The minimum absolute atomic E-state index is 0.421. The summed E-state index contributed by atoms with van der Waals surface area (Å²) in [5.74, 6) is 0.767. The number of nitrogens with zero attached hydrogens (tertiary/aromatic N) is 4. The largest absolute Gasteiger partial charge is 0.262 e. The second kappa shape index (κ2) is 4.84. The van der Waals surface area contributed by atoms with Gasteiger partial charge in [-0.3, -0.25) is 4.68 Å². The van der Waals surface area contributed by atoms with Crippen LogP contribution in [0.25, 0.3) is 0 Å². The van der Waals surface area contributed by atoms with Gasteiger partial charge in [0.1, 0.15) is 0 Å². The number of halogens is 1. The van der Waals surface area contributed by atoms with E-state index in [9.17, 15) is 0 Å². The third-order valence-electron chi connectivity index (χ3n) is 2.01. The van der Waals surface area contributed by atoms with Crippen LogP contribution in [-0.4, -0.2) is 20.0 Å². The SMILES string of the molecule is Cc1cc(SCc2ccc(Cl)nn2)n(C)n1. The van der Waals surface area contributed by atoms with E-state index < -0.39 is 0 Å². The summed E-state index contributed by atoms with van der Waals surface area (Å²) in [6.07, 6.45) is 0. The molecule has 0 fully saturated rings. The summed E-state index contributed by atoms with van der Waals surface area (Å²) in [7, 11) is 1.93. The van der Waals surface area contributed by atoms with Gasteiger partial charge in [-0.25, -0.2) is 0 Å². The molecule has 0 aliphatic carbocycles. The quantitative estimate of drug-likeness (QED) is 0.790. The van der Waals surface area contributed by atoms with Crippen molar-refractivity contribution in [2.24, 2.45) is 7.05 Å². The van der Waals surface area contributed by atoms with Gasteiger partial charge in [0.25, 0.3) is 0 Å². The molecule has 0 radical (unpaired) electrons. The maximum absolute atomic E-state index is 5.66. The van der Waals surface area contributed by atoms with Gasteiger partial charge in [-0.05, 0) is 25.1 Å². The third kappa shape index (κ3) is 2.74. The van der Waals surface area contributed by atoms with Crippen LogP contribution < -0.4 is 0 Å². The molecule has 2 heterocycles. The average molecular weight is 255 g/mol. The average Bonchev–Trinajstić information content (AvgIpc) is 2.57. The molecule has 2 aromatic rings. The molecule has 84 valence electrons. The Labute approximate surface area is 103 Å². The molecule has 2 aromatic heterocycles. The monoisotopic (exact) mass is 254 g/mol. The number of hydrogen-bond acceptors (Lipinski definition) is 4. The fourth-order valence-electron chi connectivity index (χ4n) is 1.29. The summed E-state index contributed by atoms with van der Waals surface area (Å²) >= 11 is 7.34. The van der Waals surface area contributed by atoms with E-state index in [-0.39, 0.29) is 0 Å². The number of aromatic nitrogens is 4. The predicted molar refractivity (Wildman–Crippen MR) is 64.5 cm³/mol. The van der Waals surface area contributed by atoms with Crippen molar-refractivity contribution in [1.29, 1.82) is 0 Å². The lowest BCUT2D eigenvalue weighted by Gasteiger charge is -2.00. The van der Waals surface area contributed by atoms with Crippen LogP contribution in [0.2, 0.25) is 5.15 Å². The lowest BCUT2D eigenvalue weighted by atomic mass is 10.4. The maximum Gasteiger partial charge on any atom is 0.151 e. The van der Waals surface area contributed by atoms with Gasteiger partial charge in [0.15, 0.2) is 5.15 Å². The molecule has 16 heavy (non-hydrogen) atoms. The lowest BCUT2D eigenvalue weighted by Crippen LogP contribution is -1.94. The topological polar surface area (TPSA) is 43.6 Å². The molecule has 0 amide bonds. The first-order valence-electron chi connectivity index (χ1n) is 4.77. The first-order valence-corrected chi connectivity index (χ1v) is 6.13. The second-order valence-electron chi connectivity index (χ2n) is 3.38. The van der Waals surface area contributed by atoms with Gasteiger partial charge >= 0.3 is 0 Å². The van der Waals surface area contributed by atoms with E-state index in [1.54, 1.807) is 17.8 Å². The van der Waals surface area contributed by atoms with E-state index >= 15 is 0 Å². The number of hydrogen-bond donors (Lipinski definition) is 0. The van der Waals surface area contributed by atoms with Crippen molar-refractivity contribution in [1.82, 2.24) is 20.0 Å². The van der Waals surface area contributed by atoms with Crippen LogP contribution >= 0.6 is 23.4 Å². The Balaban J connectivity index is 2.02. The summed E-state index contributed by atoms with van der Waals surface area (Å²) in [5, 5.41) is 13.6. The molecule has 0 aromatic carbocycles. The molecule has 4 nitrogen and oxygen atoms in total. The summed E-state index contributed by atoms with van der Waals surface area (Å²) in [6.45, 7) is 1.98. The summed E-state index contributed by atoms with van der Waals surface area (Å²) in [5.41, 5.74) is 1.93. The number of aryl methyl sites for hydroxylation is 2. The maximum atomic E-state index is 5.66. The Morgan fingerprint density at radius 3 is 2.75 bits per heavy atom. The fourth-order valence-corrected chi connectivity index (χ4v) is 2.32. The first-order chi connectivity index (χ1) is 7.65. The zero-order valence-electron chi connectivity index (χ0n) is 9.01. The Hall–Kier alpha value is -1.07. The molecule has 0 aliphatic rings. The Bertz CT molecular complexity index is 480. The molecule has 2 rings (SSSR count). The smallest absolute Gasteiger partial charge is 0.151 e. The van der Waals surface area contributed by atoms with Gasteiger partial charge < -0.3 is 0 Å². The van der Waals surface area contributed by atoms with Crippen LogP contribution in [-0.2, 0) is 12.8 Å². The van der Waals surface area contributed by atoms with Gasteiger partial charge in [0.2, 0.25) is 0 Å². The minimum atomic E-state index is 0.421. The second-order valence-corrected chi connectivity index (χ2v) is 4.77. The third-order valence-corrected chi connectivity index (χ3v) is 3.33. The molecule has 0 atom stereocenters. The summed E-state index contributed by atoms with van der Waals surface area (Å²) < 4.78 is 1.86. The Kier molecular flexibility index (Phi) is 3.46. The highest BCUT2D eigenvalue weighted by molar-refractivity contribution is 7.98. The van der Waals surface area contributed by atoms with Crippen LogP contribution in [0.4, 0.5) is 0 Å². The standard InChI is InChI=1S/C10H11ClN4S/c1-7-5-10(15(2)14-7)16-6-8-3-4-9(11)13-12-8/h3-5H,6H2,1-2H3. The molecule has 0 unspecified atom stereocenters. The number of rotatable bonds is 3. The highest BCUT2D eigenvalue weighted by atomic mass is 35.5. The van der Waals surface area contributed by atoms with E-state index in [2.05, 4.69) is 15.3 Å². The first kappa shape index (κ1) is 11.4. The van der Waals surface area contributed by atoms with Gasteiger partial charge in [-0.2, -0.15) is 10.2 Å². The van der Waals surface area contributed by atoms with Crippen molar-refractivity contribution in [3.63, 3.8) is 0 Å². The van der Waals surface area contributed by atoms with Crippen molar-refractivity contribution in [2.75, 3.05) is 0 Å². The van der Waals surface area contributed by atoms with E-state index in [4.69, 9.17) is 11.6 Å². The highest BCUT2D eigenvalue weighted by Gasteiger charge is 2.04. The van der Waals surface area contributed by atoms with Crippen LogP contribution in [0, 0.1) is 6.92 Å². The minimum Gasteiger partial charge on any atom is -0.262 e. The molecule has 0 aliphatic heterocycles. The van der Waals surface area contributed by atoms with Crippen molar-refractivity contribution in [3.05, 3.63) is 34.7 Å². The van der Waals surface area contributed by atoms with E-state index in [1.165, 1.54) is 0 Å². The molecular weight excluding hydrogens is 244 g/mol. The molecule has 0 N–H and O–H groups in total. The predicted octanol–water partition coefficient (Wildman–Crippen LogP) is 2.46. The van der Waals surface area contributed by atoms with Crippen molar-refractivity contribution >= 4 is 23.4 Å². The van der Waals surface area contributed by atoms with Crippen LogP contribution in [0.3, 0.4) is 0 Å². The van der Waals surface area contributed by atoms with Gasteiger partial charge in [0.05, 0.1) is 16.4 Å². The van der Waals surface area contributed by atoms with Crippen molar-refractivity contribution in [2.45, 2.75) is 17.7 Å². The van der Waals surface area contributed by atoms with Crippen LogP contribution in [0.1, 0.15) is 11.4 Å². The number of thioether (sulfide) groups is 1. The molecule has 0 spiro atoms. The van der Waals surface area contributed by atoms with Crippen molar-refractivity contribution in [3.8, 4) is 0 Å². The van der Waals surface area contributed by atoms with Crippen LogP contribution in [0.15, 0.2) is 23.2 Å². The van der Waals surface area contributed by atoms with Gasteiger partial charge in [-0.15, -0.1) is 16.9 Å². The zero-order chi connectivity index (χ0) is 11.5.